The van der Waals surface area contributed by atoms with Crippen LogP contribution in [0.15, 0.2) is 24.3 Å². The van der Waals surface area contributed by atoms with Crippen molar-refractivity contribution in [1.82, 2.24) is 0 Å². The Kier molecular flexibility index (Phi) is 4.55. The molecule has 106 valence electrons. The summed E-state index contributed by atoms with van der Waals surface area (Å²) >= 11 is 0. The molecular formula is C15H13N3O3. The number of carboxylic acid groups (broad SMARTS) is 1. The van der Waals surface area contributed by atoms with Gasteiger partial charge < -0.3 is 14.7 Å². The number of aliphatic carboxylic acids is 1. The van der Waals surface area contributed by atoms with E-state index in [2.05, 4.69) is 12.1 Å². The first-order valence-corrected chi connectivity index (χ1v) is 6.35. The first-order valence-electron chi connectivity index (χ1n) is 6.35. The quantitative estimate of drug-likeness (QED) is 0.842. The number of hydrogen-bond donors (Lipinski definition) is 1. The molecule has 1 atom stereocenters. The predicted molar refractivity (Wildman–Crippen MR) is 75.4 cm³/mol. The molecule has 0 saturated carbocycles. The summed E-state index contributed by atoms with van der Waals surface area (Å²) in [5.41, 5.74) is 1.82. The van der Waals surface area contributed by atoms with Crippen LogP contribution >= 0.6 is 0 Å². The maximum absolute atomic E-state index is 10.5. The van der Waals surface area contributed by atoms with Gasteiger partial charge in [-0.15, -0.1) is 0 Å². The molecule has 1 aliphatic heterocycles. The Morgan fingerprint density at radius 2 is 2.29 bits per heavy atom. The fraction of sp³-hybridized carbons (Fsp3) is 0.267. The van der Waals surface area contributed by atoms with E-state index in [1.54, 1.807) is 18.2 Å². The van der Waals surface area contributed by atoms with Crippen molar-refractivity contribution in [2.75, 3.05) is 24.6 Å². The van der Waals surface area contributed by atoms with E-state index >= 15 is 0 Å². The fourth-order valence-electron chi connectivity index (χ4n) is 2.14. The van der Waals surface area contributed by atoms with Gasteiger partial charge in [-0.2, -0.15) is 10.5 Å². The highest BCUT2D eigenvalue weighted by Crippen LogP contribution is 2.24. The molecule has 0 amide bonds. The third kappa shape index (κ3) is 3.59. The number of carboxylic acids is 1. The van der Waals surface area contributed by atoms with Gasteiger partial charge in [0.1, 0.15) is 6.07 Å². The van der Waals surface area contributed by atoms with Crippen molar-refractivity contribution < 1.29 is 14.6 Å². The molecule has 0 bridgehead atoms. The summed E-state index contributed by atoms with van der Waals surface area (Å²) in [4.78, 5) is 12.4. The summed E-state index contributed by atoms with van der Waals surface area (Å²) < 4.78 is 5.28. The summed E-state index contributed by atoms with van der Waals surface area (Å²) in [5, 5.41) is 26.8. The van der Waals surface area contributed by atoms with Crippen molar-refractivity contribution in [1.29, 1.82) is 10.5 Å². The number of nitriles is 2. The number of anilines is 1. The van der Waals surface area contributed by atoms with Crippen molar-refractivity contribution in [3.05, 3.63) is 35.4 Å². The maximum Gasteiger partial charge on any atom is 0.328 e. The number of carbonyl (C=O) groups is 1. The number of ether oxygens (including phenoxy) is 1. The molecule has 21 heavy (non-hydrogen) atoms. The molecule has 1 aromatic rings. The molecule has 6 nitrogen and oxygen atoms in total. The van der Waals surface area contributed by atoms with Gasteiger partial charge in [-0.25, -0.2) is 4.79 Å². The highest BCUT2D eigenvalue weighted by molar-refractivity contribution is 5.85. The fourth-order valence-corrected chi connectivity index (χ4v) is 2.14. The summed E-state index contributed by atoms with van der Waals surface area (Å²) in [7, 11) is 0. The summed E-state index contributed by atoms with van der Waals surface area (Å²) in [6, 6.07) is 9.31. The standard InChI is InChI=1S/C15H13N3O3/c16-8-12-7-11(2-4-15(19)20)1-3-14(12)18-5-6-21-13(9-17)10-18/h1-4,7,13H,5-6,10H2,(H,19,20)/b4-2+. The summed E-state index contributed by atoms with van der Waals surface area (Å²) in [5.74, 6) is -1.04. The minimum absolute atomic E-state index is 0.412. The van der Waals surface area contributed by atoms with Gasteiger partial charge in [-0.1, -0.05) is 6.07 Å². The molecule has 0 spiro atoms. The van der Waals surface area contributed by atoms with Crippen LogP contribution in [0.25, 0.3) is 6.08 Å². The lowest BCUT2D eigenvalue weighted by Crippen LogP contribution is -2.42. The molecule has 1 fully saturated rings. The van der Waals surface area contributed by atoms with Crippen LogP contribution in [0, 0.1) is 22.7 Å². The third-order valence-corrected chi connectivity index (χ3v) is 3.11. The number of morpholine rings is 1. The Labute approximate surface area is 122 Å². The lowest BCUT2D eigenvalue weighted by atomic mass is 10.1. The summed E-state index contributed by atoms with van der Waals surface area (Å²) in [6.07, 6.45) is 1.96. The van der Waals surface area contributed by atoms with Gasteiger partial charge >= 0.3 is 5.97 Å². The van der Waals surface area contributed by atoms with E-state index in [0.717, 1.165) is 11.8 Å². The van der Waals surface area contributed by atoms with Crippen LogP contribution in [0.4, 0.5) is 5.69 Å². The Morgan fingerprint density at radius 1 is 1.48 bits per heavy atom. The minimum Gasteiger partial charge on any atom is -0.478 e. The lowest BCUT2D eigenvalue weighted by Gasteiger charge is -2.32. The predicted octanol–water partition coefficient (Wildman–Crippen LogP) is 1.38. The second-order valence-corrected chi connectivity index (χ2v) is 4.49. The second kappa shape index (κ2) is 6.56. The van der Waals surface area contributed by atoms with Crippen molar-refractivity contribution in [2.45, 2.75) is 6.10 Å². The molecule has 1 aromatic carbocycles. The number of benzene rings is 1. The molecule has 1 N–H and O–H groups in total. The van der Waals surface area contributed by atoms with Crippen LogP contribution in [0.1, 0.15) is 11.1 Å². The Morgan fingerprint density at radius 3 is 2.95 bits per heavy atom. The van der Waals surface area contributed by atoms with E-state index in [0.29, 0.717) is 30.8 Å². The molecule has 2 rings (SSSR count). The van der Waals surface area contributed by atoms with Gasteiger partial charge in [0.05, 0.1) is 30.5 Å². The molecular weight excluding hydrogens is 270 g/mol. The van der Waals surface area contributed by atoms with Crippen LogP contribution in [0.5, 0.6) is 0 Å². The molecule has 1 heterocycles. The number of hydrogen-bond acceptors (Lipinski definition) is 5. The van der Waals surface area contributed by atoms with Gasteiger partial charge in [-0.05, 0) is 23.8 Å². The second-order valence-electron chi connectivity index (χ2n) is 4.49. The molecule has 1 unspecified atom stereocenters. The van der Waals surface area contributed by atoms with E-state index in [9.17, 15) is 10.1 Å². The largest absolute Gasteiger partial charge is 0.478 e. The van der Waals surface area contributed by atoms with E-state index < -0.39 is 12.1 Å². The zero-order chi connectivity index (χ0) is 15.2. The van der Waals surface area contributed by atoms with Crippen LogP contribution in [-0.2, 0) is 9.53 Å². The number of rotatable bonds is 3. The van der Waals surface area contributed by atoms with Crippen LogP contribution < -0.4 is 4.90 Å². The van der Waals surface area contributed by atoms with Crippen molar-refractivity contribution in [3.63, 3.8) is 0 Å². The molecule has 1 saturated heterocycles. The first-order chi connectivity index (χ1) is 10.1. The Hall–Kier alpha value is -2.83. The highest BCUT2D eigenvalue weighted by atomic mass is 16.5. The van der Waals surface area contributed by atoms with Gasteiger partial charge in [0.15, 0.2) is 6.10 Å². The van der Waals surface area contributed by atoms with Gasteiger partial charge in [0, 0.05) is 12.6 Å². The van der Waals surface area contributed by atoms with E-state index in [1.807, 2.05) is 4.90 Å². The monoisotopic (exact) mass is 283 g/mol. The average Bonchev–Trinajstić information content (AvgIpc) is 2.52. The molecule has 6 heteroatoms. The minimum atomic E-state index is -1.04. The number of nitrogens with zero attached hydrogens (tertiary/aromatic N) is 3. The zero-order valence-corrected chi connectivity index (χ0v) is 11.2. The zero-order valence-electron chi connectivity index (χ0n) is 11.2. The van der Waals surface area contributed by atoms with Crippen molar-refractivity contribution in [3.8, 4) is 12.1 Å². The SMILES string of the molecule is N#Cc1cc(/C=C/C(=O)O)ccc1N1CCOC(C#N)C1. The first kappa shape index (κ1) is 14.6. The lowest BCUT2D eigenvalue weighted by molar-refractivity contribution is -0.131. The molecule has 0 radical (unpaired) electrons. The average molecular weight is 283 g/mol. The van der Waals surface area contributed by atoms with Crippen LogP contribution in [0.3, 0.4) is 0 Å². The Bertz CT molecular complexity index is 655. The van der Waals surface area contributed by atoms with Crippen LogP contribution in [-0.4, -0.2) is 36.9 Å². The molecule has 0 aromatic heterocycles. The van der Waals surface area contributed by atoms with Crippen LogP contribution in [0.2, 0.25) is 0 Å². The van der Waals surface area contributed by atoms with Crippen molar-refractivity contribution in [2.24, 2.45) is 0 Å². The van der Waals surface area contributed by atoms with E-state index in [1.165, 1.54) is 6.08 Å². The van der Waals surface area contributed by atoms with Gasteiger partial charge in [0.25, 0.3) is 0 Å². The van der Waals surface area contributed by atoms with Crippen molar-refractivity contribution >= 4 is 17.7 Å². The van der Waals surface area contributed by atoms with Gasteiger partial charge in [-0.3, -0.25) is 0 Å². The smallest absolute Gasteiger partial charge is 0.328 e. The Balaban J connectivity index is 2.27. The molecule has 0 aliphatic carbocycles. The van der Waals surface area contributed by atoms with E-state index in [4.69, 9.17) is 15.1 Å². The maximum atomic E-state index is 10.5. The topological polar surface area (TPSA) is 97.3 Å². The molecule has 1 aliphatic rings. The van der Waals surface area contributed by atoms with Gasteiger partial charge in [0.2, 0.25) is 0 Å². The highest BCUT2D eigenvalue weighted by Gasteiger charge is 2.22. The summed E-state index contributed by atoms with van der Waals surface area (Å²) in [6.45, 7) is 1.45. The third-order valence-electron chi connectivity index (χ3n) is 3.11. The normalized spacial score (nSPS) is 18.2. The van der Waals surface area contributed by atoms with E-state index in [-0.39, 0.29) is 0 Å².